The maximum absolute atomic E-state index is 11.9. The molecule has 2 aromatic rings. The monoisotopic (exact) mass is 258 g/mol. The number of Topliss-reactive ketones (excluding diaryl/α,β-unsaturated/α-hetero) is 1. The van der Waals surface area contributed by atoms with Crippen LogP contribution in [0.5, 0.6) is 0 Å². The molecule has 94 valence electrons. The van der Waals surface area contributed by atoms with E-state index in [1.54, 1.807) is 18.3 Å². The Balaban J connectivity index is 2.37. The van der Waals surface area contributed by atoms with Crippen molar-refractivity contribution >= 4 is 17.1 Å². The molecule has 0 aliphatic heterocycles. The molecule has 1 aromatic heterocycles. The third kappa shape index (κ3) is 2.88. The lowest BCUT2D eigenvalue weighted by Crippen LogP contribution is -2.10. The Kier molecular flexibility index (Phi) is 4.32. The number of hydrogen-bond acceptors (Lipinski definition) is 2. The molecule has 1 heterocycles. The van der Waals surface area contributed by atoms with Gasteiger partial charge in [0.15, 0.2) is 0 Å². The van der Waals surface area contributed by atoms with Crippen molar-refractivity contribution in [3.8, 4) is 0 Å². The molecule has 0 aliphatic rings. The van der Waals surface area contributed by atoms with Gasteiger partial charge in [-0.1, -0.05) is 37.6 Å². The lowest BCUT2D eigenvalue weighted by Gasteiger charge is -2.14. The number of rotatable bonds is 5. The predicted molar refractivity (Wildman–Crippen MR) is 77.3 cm³/mol. The van der Waals surface area contributed by atoms with E-state index in [-0.39, 0.29) is 11.7 Å². The second-order valence-electron chi connectivity index (χ2n) is 4.60. The van der Waals surface area contributed by atoms with Gasteiger partial charge >= 0.3 is 0 Å². The third-order valence-corrected chi connectivity index (χ3v) is 3.81. The molecule has 0 N–H and O–H groups in total. The Labute approximate surface area is 112 Å². The van der Waals surface area contributed by atoms with Gasteiger partial charge in [-0.25, -0.2) is 0 Å². The maximum Gasteiger partial charge on any atom is 0.141 e. The summed E-state index contributed by atoms with van der Waals surface area (Å²) in [5, 5.41) is 4.10. The van der Waals surface area contributed by atoms with Crippen molar-refractivity contribution in [2.45, 2.75) is 32.6 Å². The van der Waals surface area contributed by atoms with E-state index in [9.17, 15) is 4.79 Å². The van der Waals surface area contributed by atoms with E-state index in [0.717, 1.165) is 24.0 Å². The topological polar surface area (TPSA) is 17.1 Å². The molecule has 0 aliphatic carbocycles. The first kappa shape index (κ1) is 13.0. The number of carbonyl (C=O) groups is 1. The number of benzene rings is 1. The van der Waals surface area contributed by atoms with Gasteiger partial charge in [0.1, 0.15) is 5.78 Å². The van der Waals surface area contributed by atoms with Crippen molar-refractivity contribution < 1.29 is 4.79 Å². The molecule has 0 spiro atoms. The minimum Gasteiger partial charge on any atom is -0.299 e. The van der Waals surface area contributed by atoms with Gasteiger partial charge in [0.25, 0.3) is 0 Å². The van der Waals surface area contributed by atoms with Crippen LogP contribution < -0.4 is 0 Å². The Bertz CT molecular complexity index is 514. The van der Waals surface area contributed by atoms with Gasteiger partial charge < -0.3 is 0 Å². The van der Waals surface area contributed by atoms with Crippen LogP contribution in [0.3, 0.4) is 0 Å². The second-order valence-corrected chi connectivity index (χ2v) is 5.38. The normalized spacial score (nSPS) is 12.3. The van der Waals surface area contributed by atoms with Crippen molar-refractivity contribution in [3.63, 3.8) is 0 Å². The molecule has 2 heteroatoms. The summed E-state index contributed by atoms with van der Waals surface area (Å²) in [6, 6.07) is 10.5. The molecule has 0 bridgehead atoms. The van der Waals surface area contributed by atoms with E-state index in [4.69, 9.17) is 0 Å². The van der Waals surface area contributed by atoms with Crippen LogP contribution in [-0.2, 0) is 11.2 Å². The van der Waals surface area contributed by atoms with Crippen LogP contribution in [0.2, 0.25) is 0 Å². The van der Waals surface area contributed by atoms with Crippen molar-refractivity contribution in [1.82, 2.24) is 0 Å². The van der Waals surface area contributed by atoms with Crippen LogP contribution in [0.25, 0.3) is 0 Å². The maximum atomic E-state index is 11.9. The minimum absolute atomic E-state index is 0.104. The fourth-order valence-electron chi connectivity index (χ4n) is 2.32. The highest BCUT2D eigenvalue weighted by Crippen LogP contribution is 2.28. The number of thiophene rings is 1. The van der Waals surface area contributed by atoms with Crippen LogP contribution in [0.15, 0.2) is 41.1 Å². The van der Waals surface area contributed by atoms with Crippen LogP contribution in [0.4, 0.5) is 0 Å². The van der Waals surface area contributed by atoms with E-state index < -0.39 is 0 Å². The summed E-state index contributed by atoms with van der Waals surface area (Å²) >= 11 is 1.64. The third-order valence-electron chi connectivity index (χ3n) is 3.11. The molecule has 0 fully saturated rings. The number of ketones is 1. The number of hydrogen-bond donors (Lipinski definition) is 0. The highest BCUT2D eigenvalue weighted by molar-refractivity contribution is 7.08. The zero-order valence-corrected chi connectivity index (χ0v) is 11.7. The summed E-state index contributed by atoms with van der Waals surface area (Å²) in [5.41, 5.74) is 3.55. The first-order valence-corrected chi connectivity index (χ1v) is 7.28. The van der Waals surface area contributed by atoms with Crippen molar-refractivity contribution in [2.75, 3.05) is 0 Å². The Hall–Kier alpha value is -1.41. The molecule has 1 nitrogen and oxygen atoms in total. The smallest absolute Gasteiger partial charge is 0.141 e. The lowest BCUT2D eigenvalue weighted by atomic mass is 9.89. The molecule has 18 heavy (non-hydrogen) atoms. The Morgan fingerprint density at radius 2 is 2.11 bits per heavy atom. The average molecular weight is 258 g/mol. The average Bonchev–Trinajstić information content (AvgIpc) is 2.83. The molecule has 0 amide bonds. The summed E-state index contributed by atoms with van der Waals surface area (Å²) in [6.07, 6.45) is 2.20. The van der Waals surface area contributed by atoms with E-state index in [1.165, 1.54) is 5.56 Å². The largest absolute Gasteiger partial charge is 0.299 e. The molecule has 1 aromatic carbocycles. The molecular formula is C16H18OS. The van der Waals surface area contributed by atoms with Crippen molar-refractivity contribution in [2.24, 2.45) is 0 Å². The number of aryl methyl sites for hydroxylation is 1. The van der Waals surface area contributed by atoms with E-state index in [1.807, 2.05) is 11.4 Å². The lowest BCUT2D eigenvalue weighted by molar-refractivity contribution is -0.117. The van der Waals surface area contributed by atoms with E-state index in [2.05, 4.69) is 36.6 Å². The van der Waals surface area contributed by atoms with Gasteiger partial charge in [-0.15, -0.1) is 0 Å². The van der Waals surface area contributed by atoms with Gasteiger partial charge in [-0.3, -0.25) is 4.79 Å². The van der Waals surface area contributed by atoms with Gasteiger partial charge in [0.05, 0.1) is 5.92 Å². The first-order valence-electron chi connectivity index (χ1n) is 6.33. The zero-order chi connectivity index (χ0) is 13.0. The Morgan fingerprint density at radius 3 is 2.72 bits per heavy atom. The molecular weight excluding hydrogens is 240 g/mol. The van der Waals surface area contributed by atoms with Gasteiger partial charge in [0, 0.05) is 0 Å². The quantitative estimate of drug-likeness (QED) is 0.775. The Morgan fingerprint density at radius 1 is 1.28 bits per heavy atom. The summed E-state index contributed by atoms with van der Waals surface area (Å²) in [5.74, 6) is 0.107. The van der Waals surface area contributed by atoms with E-state index >= 15 is 0 Å². The molecule has 1 unspecified atom stereocenters. The standard InChI is InChI=1S/C16H18OS/c1-3-5-13-6-4-7-14(10-13)16(12(2)17)15-8-9-18-11-15/h4,6-11,16H,3,5H2,1-2H3. The summed E-state index contributed by atoms with van der Waals surface area (Å²) < 4.78 is 0. The summed E-state index contributed by atoms with van der Waals surface area (Å²) in [6.45, 7) is 3.85. The van der Waals surface area contributed by atoms with Crippen LogP contribution >= 0.6 is 11.3 Å². The van der Waals surface area contributed by atoms with Gasteiger partial charge in [-0.05, 0) is 46.9 Å². The first-order chi connectivity index (χ1) is 8.72. The molecule has 1 atom stereocenters. The zero-order valence-electron chi connectivity index (χ0n) is 10.8. The highest BCUT2D eigenvalue weighted by Gasteiger charge is 2.19. The minimum atomic E-state index is -0.104. The van der Waals surface area contributed by atoms with Crippen LogP contribution in [0.1, 0.15) is 42.9 Å². The van der Waals surface area contributed by atoms with Crippen LogP contribution in [-0.4, -0.2) is 5.78 Å². The summed E-state index contributed by atoms with van der Waals surface area (Å²) in [4.78, 5) is 11.9. The SMILES string of the molecule is CCCc1cccc(C(C(C)=O)c2ccsc2)c1. The summed E-state index contributed by atoms with van der Waals surface area (Å²) in [7, 11) is 0. The highest BCUT2D eigenvalue weighted by atomic mass is 32.1. The van der Waals surface area contributed by atoms with Crippen LogP contribution in [0, 0.1) is 0 Å². The van der Waals surface area contributed by atoms with Gasteiger partial charge in [0.2, 0.25) is 0 Å². The molecule has 0 radical (unpaired) electrons. The van der Waals surface area contributed by atoms with Crippen molar-refractivity contribution in [3.05, 3.63) is 57.8 Å². The molecule has 0 saturated heterocycles. The van der Waals surface area contributed by atoms with E-state index in [0.29, 0.717) is 0 Å². The molecule has 0 saturated carbocycles. The predicted octanol–water partition coefficient (Wildman–Crippen LogP) is 4.42. The number of carbonyl (C=O) groups excluding carboxylic acids is 1. The second kappa shape index (κ2) is 5.96. The fraction of sp³-hybridized carbons (Fsp3) is 0.312. The van der Waals surface area contributed by atoms with Gasteiger partial charge in [-0.2, -0.15) is 11.3 Å². The molecule has 2 rings (SSSR count). The van der Waals surface area contributed by atoms with Crippen molar-refractivity contribution in [1.29, 1.82) is 0 Å². The fourth-order valence-corrected chi connectivity index (χ4v) is 3.00.